The summed E-state index contributed by atoms with van der Waals surface area (Å²) in [4.78, 5) is 11.2. The van der Waals surface area contributed by atoms with Crippen LogP contribution in [0.3, 0.4) is 0 Å². The Bertz CT molecular complexity index is 883. The number of alkyl halides is 1. The number of hydrogen-bond acceptors (Lipinski definition) is 3. The molecule has 4 nitrogen and oxygen atoms in total. The Morgan fingerprint density at radius 1 is 1.48 bits per heavy atom. The van der Waals surface area contributed by atoms with Crippen LogP contribution < -0.4 is 4.74 Å². The molecule has 0 radical (unpaired) electrons. The van der Waals surface area contributed by atoms with E-state index in [1.165, 1.54) is 0 Å². The summed E-state index contributed by atoms with van der Waals surface area (Å²) in [7, 11) is 0. The molecule has 0 aliphatic heterocycles. The summed E-state index contributed by atoms with van der Waals surface area (Å²) in [6, 6.07) is 5.21. The van der Waals surface area contributed by atoms with Gasteiger partial charge in [0.05, 0.1) is 5.02 Å². The third-order valence-corrected chi connectivity index (χ3v) is 5.52. The Morgan fingerprint density at radius 2 is 2.28 bits per heavy atom. The van der Waals surface area contributed by atoms with E-state index in [9.17, 15) is 9.90 Å². The lowest BCUT2D eigenvalue weighted by atomic mass is 10.0. The lowest BCUT2D eigenvalue weighted by molar-refractivity contribution is -0.149. The monoisotopic (exact) mass is 542 g/mol. The maximum Gasteiger partial charge on any atom is 0.333 e. The highest BCUT2D eigenvalue weighted by atomic mass is 79.9. The number of carboxylic acids is 1. The Labute approximate surface area is 192 Å². The van der Waals surface area contributed by atoms with Gasteiger partial charge >= 0.3 is 5.97 Å². The molecule has 0 amide bonds. The SMILES string of the molecule is CCO[C@@H](Cc1ccc(OCC=CC#CC2(Br)C=CC=C(Br)C2)c(Cl)c1)C(=O)O. The van der Waals surface area contributed by atoms with Crippen molar-refractivity contribution in [3.8, 4) is 17.6 Å². The highest BCUT2D eigenvalue weighted by Crippen LogP contribution is 2.33. The van der Waals surface area contributed by atoms with Crippen LogP contribution in [0.1, 0.15) is 18.9 Å². The summed E-state index contributed by atoms with van der Waals surface area (Å²) in [6.45, 7) is 2.41. The molecule has 0 heterocycles. The van der Waals surface area contributed by atoms with Gasteiger partial charge in [-0.3, -0.25) is 0 Å². The van der Waals surface area contributed by atoms with Crippen LogP contribution in [0.4, 0.5) is 0 Å². The first kappa shape index (κ1) is 23.8. The van der Waals surface area contributed by atoms with Crippen LogP contribution in [0.15, 0.2) is 53.1 Å². The van der Waals surface area contributed by atoms with Crippen molar-refractivity contribution in [1.82, 2.24) is 0 Å². The second-order valence-electron chi connectivity index (χ2n) is 6.25. The van der Waals surface area contributed by atoms with Gasteiger partial charge in [-0.2, -0.15) is 0 Å². The minimum atomic E-state index is -0.994. The van der Waals surface area contributed by atoms with E-state index in [1.807, 2.05) is 18.2 Å². The molecule has 1 aromatic rings. The first-order valence-corrected chi connectivity index (χ1v) is 11.0. The van der Waals surface area contributed by atoms with Gasteiger partial charge in [-0.1, -0.05) is 79.6 Å². The average molecular weight is 545 g/mol. The van der Waals surface area contributed by atoms with Crippen molar-refractivity contribution in [1.29, 1.82) is 0 Å². The molecule has 0 saturated heterocycles. The van der Waals surface area contributed by atoms with Crippen LogP contribution in [0, 0.1) is 11.8 Å². The van der Waals surface area contributed by atoms with Crippen LogP contribution in [0.2, 0.25) is 5.02 Å². The third kappa shape index (κ3) is 8.02. The molecule has 0 saturated carbocycles. The van der Waals surface area contributed by atoms with E-state index in [0.29, 0.717) is 24.0 Å². The van der Waals surface area contributed by atoms with E-state index in [-0.39, 0.29) is 10.7 Å². The Kier molecular flexibility index (Phi) is 9.51. The van der Waals surface area contributed by atoms with Gasteiger partial charge in [-0.05, 0) is 41.3 Å². The van der Waals surface area contributed by atoms with Crippen molar-refractivity contribution in [2.24, 2.45) is 0 Å². The average Bonchev–Trinajstić information content (AvgIpc) is 2.65. The fourth-order valence-electron chi connectivity index (χ4n) is 2.58. The molecule has 29 heavy (non-hydrogen) atoms. The summed E-state index contributed by atoms with van der Waals surface area (Å²) >= 11 is 13.4. The third-order valence-electron chi connectivity index (χ3n) is 3.94. The van der Waals surface area contributed by atoms with E-state index in [2.05, 4.69) is 43.7 Å². The van der Waals surface area contributed by atoms with Crippen molar-refractivity contribution in [3.05, 3.63) is 63.6 Å². The molecule has 1 aliphatic rings. The molecule has 0 bridgehead atoms. The molecule has 2 atom stereocenters. The van der Waals surface area contributed by atoms with Gasteiger partial charge in [-0.15, -0.1) is 0 Å². The zero-order chi connectivity index (χ0) is 21.3. The fourth-order valence-corrected chi connectivity index (χ4v) is 4.38. The summed E-state index contributed by atoms with van der Waals surface area (Å²) in [5.41, 5.74) is 0.771. The predicted octanol–water partition coefficient (Wildman–Crippen LogP) is 5.68. The Morgan fingerprint density at radius 3 is 2.93 bits per heavy atom. The van der Waals surface area contributed by atoms with Crippen LogP contribution >= 0.6 is 43.5 Å². The second kappa shape index (κ2) is 11.6. The van der Waals surface area contributed by atoms with E-state index in [4.69, 9.17) is 21.1 Å². The van der Waals surface area contributed by atoms with Crippen LogP contribution in [-0.4, -0.2) is 34.7 Å². The fraction of sp³-hybridized carbons (Fsp3) is 0.318. The molecule has 2 rings (SSSR count). The molecular weight excluding hydrogens is 523 g/mol. The van der Waals surface area contributed by atoms with E-state index >= 15 is 0 Å². The number of ether oxygens (including phenoxy) is 2. The molecule has 0 spiro atoms. The van der Waals surface area contributed by atoms with Crippen molar-refractivity contribution in [2.45, 2.75) is 30.2 Å². The quantitative estimate of drug-likeness (QED) is 0.338. The van der Waals surface area contributed by atoms with Crippen molar-refractivity contribution in [2.75, 3.05) is 13.2 Å². The normalized spacial score (nSPS) is 19.4. The molecule has 7 heteroatoms. The standard InChI is InChI=1S/C22H21Br2ClO4/c1-2-28-20(21(26)27)14-16-8-9-19(18(25)13-16)29-12-5-3-4-10-22(24)11-6-7-17(23)15-22/h3,5-9,11,13,20H,2,12,14-15H2,1H3,(H,26,27)/t20-,22?/m0/s1. The largest absolute Gasteiger partial charge is 0.488 e. The molecular formula is C22H21Br2ClO4. The van der Waals surface area contributed by atoms with Crippen molar-refractivity contribution in [3.63, 3.8) is 0 Å². The van der Waals surface area contributed by atoms with Crippen LogP contribution in [-0.2, 0) is 16.0 Å². The van der Waals surface area contributed by atoms with Crippen LogP contribution in [0.25, 0.3) is 0 Å². The van der Waals surface area contributed by atoms with Gasteiger partial charge in [0.25, 0.3) is 0 Å². The molecule has 1 unspecified atom stereocenters. The Balaban J connectivity index is 1.88. The maximum absolute atomic E-state index is 11.2. The summed E-state index contributed by atoms with van der Waals surface area (Å²) in [5, 5.41) is 9.60. The highest BCUT2D eigenvalue weighted by Gasteiger charge is 2.23. The summed E-state index contributed by atoms with van der Waals surface area (Å²) in [5.74, 6) is 5.71. The predicted molar refractivity (Wildman–Crippen MR) is 123 cm³/mol. The van der Waals surface area contributed by atoms with Crippen molar-refractivity contribution < 1.29 is 19.4 Å². The first-order chi connectivity index (χ1) is 13.8. The number of carboxylic acid groups (broad SMARTS) is 1. The maximum atomic E-state index is 11.2. The van der Waals surface area contributed by atoms with E-state index < -0.39 is 12.1 Å². The van der Waals surface area contributed by atoms with E-state index in [0.717, 1.165) is 16.5 Å². The number of carbonyl (C=O) groups is 1. The number of halogens is 3. The second-order valence-corrected chi connectivity index (χ2v) is 9.09. The summed E-state index contributed by atoms with van der Waals surface area (Å²) in [6.07, 6.45) is 9.64. The zero-order valence-electron chi connectivity index (χ0n) is 15.8. The zero-order valence-corrected chi connectivity index (χ0v) is 19.8. The molecule has 154 valence electrons. The van der Waals surface area contributed by atoms with Crippen LogP contribution in [0.5, 0.6) is 5.75 Å². The number of benzene rings is 1. The van der Waals surface area contributed by atoms with Gasteiger partial charge in [0, 0.05) is 19.4 Å². The molecule has 0 fully saturated rings. The lowest BCUT2D eigenvalue weighted by Crippen LogP contribution is -2.26. The number of aliphatic carboxylic acids is 1. The minimum absolute atomic E-state index is 0.243. The van der Waals surface area contributed by atoms with Gasteiger partial charge in [0.1, 0.15) is 16.7 Å². The van der Waals surface area contributed by atoms with Gasteiger partial charge in [-0.25, -0.2) is 4.79 Å². The molecule has 0 aromatic heterocycles. The lowest BCUT2D eigenvalue weighted by Gasteiger charge is -2.19. The van der Waals surface area contributed by atoms with Gasteiger partial charge in [0.15, 0.2) is 6.10 Å². The molecule has 1 aliphatic carbocycles. The number of hydrogen-bond donors (Lipinski definition) is 1. The van der Waals surface area contributed by atoms with Crippen molar-refractivity contribution >= 4 is 49.4 Å². The highest BCUT2D eigenvalue weighted by molar-refractivity contribution is 9.12. The van der Waals surface area contributed by atoms with E-state index in [1.54, 1.807) is 37.3 Å². The molecule has 1 N–H and O–H groups in total. The smallest absolute Gasteiger partial charge is 0.333 e. The number of rotatable bonds is 8. The first-order valence-electron chi connectivity index (χ1n) is 8.99. The minimum Gasteiger partial charge on any atom is -0.488 e. The number of allylic oxidation sites excluding steroid dienone is 5. The Hall–Kier alpha value is -1.52. The summed E-state index contributed by atoms with van der Waals surface area (Å²) < 4.78 is 11.6. The van der Waals surface area contributed by atoms with Gasteiger partial charge < -0.3 is 14.6 Å². The van der Waals surface area contributed by atoms with Gasteiger partial charge in [0.2, 0.25) is 0 Å². The molecule has 1 aromatic carbocycles. The topological polar surface area (TPSA) is 55.8 Å².